The lowest BCUT2D eigenvalue weighted by atomic mass is 9.57. The number of carbonyl (C=O) groups excluding carboxylic acids is 3. The summed E-state index contributed by atoms with van der Waals surface area (Å²) in [6, 6.07) is 28.1. The van der Waals surface area contributed by atoms with E-state index in [1.54, 1.807) is 119 Å². The van der Waals surface area contributed by atoms with Crippen molar-refractivity contribution in [1.82, 2.24) is 83.6 Å². The number of rotatable bonds is 18. The molecule has 0 radical (unpaired) electrons. The van der Waals surface area contributed by atoms with E-state index in [0.29, 0.717) is 97.7 Å². The summed E-state index contributed by atoms with van der Waals surface area (Å²) in [5, 5.41) is 27.2. The molecule has 12 aromatic rings. The van der Waals surface area contributed by atoms with Crippen LogP contribution in [0.25, 0.3) is 35.3 Å². The Hall–Kier alpha value is -11.5. The van der Waals surface area contributed by atoms with Crippen molar-refractivity contribution in [1.29, 1.82) is 0 Å². The summed E-state index contributed by atoms with van der Waals surface area (Å²) >= 11 is 6.26. The van der Waals surface area contributed by atoms with Crippen molar-refractivity contribution in [2.75, 3.05) is 0 Å². The summed E-state index contributed by atoms with van der Waals surface area (Å²) in [6.07, 6.45) is 26.3. The minimum Gasteiger partial charge on any atom is -0.291 e. The van der Waals surface area contributed by atoms with Gasteiger partial charge in [0.2, 0.25) is 10.3 Å². The maximum atomic E-state index is 14.4. The Morgan fingerprint density at radius 3 is 1.18 bits per heavy atom. The number of ketones is 3. The second kappa shape index (κ2) is 31.8. The molecule has 0 aliphatic heterocycles. The molecule has 121 heavy (non-hydrogen) atoms. The second-order valence-electron chi connectivity index (χ2n) is 33.0. The molecular weight excluding hydrogens is 1630 g/mol. The lowest BCUT2D eigenvalue weighted by Gasteiger charge is -2.48. The van der Waals surface area contributed by atoms with E-state index in [-0.39, 0.29) is 79.5 Å². The fourth-order valence-corrected chi connectivity index (χ4v) is 23.8. The second-order valence-corrected chi connectivity index (χ2v) is 41.4. The number of hydrogen-bond acceptors (Lipinski definition) is 17. The highest BCUT2D eigenvalue weighted by Crippen LogP contribution is 2.58. The zero-order chi connectivity index (χ0) is 85.6. The first kappa shape index (κ1) is 83.1. The van der Waals surface area contributed by atoms with Gasteiger partial charge in [-0.3, -0.25) is 56.0 Å². The normalized spacial score (nSPS) is 22.3. The number of allylic oxidation sites excluding steroid dienone is 3. The molecule has 624 valence electrons. The molecule has 6 aliphatic carbocycles. The van der Waals surface area contributed by atoms with E-state index in [9.17, 15) is 49.0 Å². The van der Waals surface area contributed by atoms with E-state index in [1.165, 1.54) is 101 Å². The van der Waals surface area contributed by atoms with Gasteiger partial charge < -0.3 is 0 Å². The van der Waals surface area contributed by atoms with Gasteiger partial charge >= 0.3 is 0 Å². The maximum absolute atomic E-state index is 14.4. The number of halogens is 6. The van der Waals surface area contributed by atoms with Crippen LogP contribution in [0.2, 0.25) is 5.02 Å². The Balaban J connectivity index is 0.000000135. The smallest absolute Gasteiger partial charge is 0.230 e. The van der Waals surface area contributed by atoms with E-state index < -0.39 is 66.4 Å². The van der Waals surface area contributed by atoms with Crippen LogP contribution < -0.4 is 0 Å². The third-order valence-electron chi connectivity index (χ3n) is 25.6. The van der Waals surface area contributed by atoms with Gasteiger partial charge in [0, 0.05) is 107 Å². The zero-order valence-electron chi connectivity index (χ0n) is 67.4. The molecule has 0 spiro atoms. The highest BCUT2D eigenvalue weighted by molar-refractivity contribution is 8.01. The van der Waals surface area contributed by atoms with Gasteiger partial charge in [-0.15, -0.1) is 10.2 Å². The van der Waals surface area contributed by atoms with E-state index in [1.807, 2.05) is 45.9 Å². The molecule has 23 nitrogen and oxygen atoms in total. The van der Waals surface area contributed by atoms with Crippen molar-refractivity contribution >= 4 is 93.4 Å². The van der Waals surface area contributed by atoms with E-state index in [4.69, 9.17) is 11.6 Å². The molecule has 0 saturated heterocycles. The van der Waals surface area contributed by atoms with Gasteiger partial charge in [0.25, 0.3) is 0 Å². The SMILES string of the molecule is C=S(=O)(c1ccn(C)n1)C(C)(C)[C@H]1CCC2=Cc3c(cnn3-c3ccc(F)cc3)C[C@]2(C(=O)c2cc(F)ccn2)C1.C=S(=O)(c1ncn(C)n1)[C@H](C)[C@H]1CCC2=Cc3c(cnn3-c3ccc(F)cc3)C[C@]2(C(=O)c2cc(Cl)ccn2)C1.C=S(=O)(c1ncn(C)n1)[C@H](C)[C@H]1CCC2=Cc3c(cnn3-c3ccc(F)cc3)C[C@]2(C(=O)c2cc(F)ccn2)C1. The van der Waals surface area contributed by atoms with Crippen molar-refractivity contribution in [2.45, 2.75) is 135 Å². The van der Waals surface area contributed by atoms with Gasteiger partial charge in [-0.25, -0.2) is 46.0 Å². The number of pyridine rings is 3. The molecule has 11 atom stereocenters. The van der Waals surface area contributed by atoms with Gasteiger partial charge in [-0.2, -0.15) is 20.4 Å². The maximum Gasteiger partial charge on any atom is 0.230 e. The Bertz CT molecular complexity index is 6310. The van der Waals surface area contributed by atoms with Crippen LogP contribution in [-0.2, 0) is 69.0 Å². The molecule has 9 heterocycles. The number of nitrogens with zero attached hydrogens (tertiary/aromatic N) is 17. The van der Waals surface area contributed by atoms with Gasteiger partial charge in [0.1, 0.15) is 63.8 Å². The lowest BCUT2D eigenvalue weighted by molar-refractivity contribution is 0.0734. The van der Waals surface area contributed by atoms with Crippen LogP contribution in [0.1, 0.15) is 151 Å². The number of fused-ring (bicyclic) bond motifs is 6. The highest BCUT2D eigenvalue weighted by Gasteiger charge is 2.56. The third-order valence-corrected chi connectivity index (χ3v) is 33.5. The molecule has 0 amide bonds. The van der Waals surface area contributed by atoms with Crippen LogP contribution in [0.3, 0.4) is 0 Å². The number of carbonyl (C=O) groups is 3. The van der Waals surface area contributed by atoms with Crippen LogP contribution >= 0.6 is 11.6 Å². The first-order chi connectivity index (χ1) is 57.6. The van der Waals surface area contributed by atoms with Crippen molar-refractivity contribution in [3.05, 3.63) is 273 Å². The minimum absolute atomic E-state index is 0.0512. The molecular formula is C89H87ClF5N17O6S3. The van der Waals surface area contributed by atoms with Crippen molar-refractivity contribution in [3.63, 3.8) is 0 Å². The third kappa shape index (κ3) is 15.2. The van der Waals surface area contributed by atoms with Crippen LogP contribution in [0, 0.1) is 63.1 Å². The number of Topliss-reactive ketones (excluding diaryl/α,β-unsaturated/α-hetero) is 3. The molecule has 3 saturated carbocycles. The van der Waals surface area contributed by atoms with Crippen LogP contribution in [0.5, 0.6) is 0 Å². The zero-order valence-corrected chi connectivity index (χ0v) is 70.6. The van der Waals surface area contributed by atoms with Crippen LogP contribution in [-0.4, -0.2) is 146 Å². The Morgan fingerprint density at radius 1 is 0.471 bits per heavy atom. The predicted molar refractivity (Wildman–Crippen MR) is 454 cm³/mol. The molecule has 6 aliphatic rings. The van der Waals surface area contributed by atoms with Crippen molar-refractivity contribution < 1.29 is 49.0 Å². The van der Waals surface area contributed by atoms with Crippen LogP contribution in [0.4, 0.5) is 22.0 Å². The number of aryl methyl sites for hydroxylation is 3. The van der Waals surface area contributed by atoms with Crippen molar-refractivity contribution in [3.8, 4) is 17.1 Å². The molecule has 0 N–H and O–H groups in total. The summed E-state index contributed by atoms with van der Waals surface area (Å²) in [7, 11) is -3.36. The molecule has 3 fully saturated rings. The minimum atomic E-state index is -2.87. The highest BCUT2D eigenvalue weighted by atomic mass is 35.5. The molecule has 0 bridgehead atoms. The van der Waals surface area contributed by atoms with Gasteiger partial charge in [0.05, 0.1) is 69.0 Å². The summed E-state index contributed by atoms with van der Waals surface area (Å²) in [5.74, 6) is 9.16. The largest absolute Gasteiger partial charge is 0.291 e. The number of benzene rings is 3. The van der Waals surface area contributed by atoms with Crippen LogP contribution in [0.15, 0.2) is 203 Å². The van der Waals surface area contributed by atoms with E-state index in [2.05, 4.69) is 73.1 Å². The van der Waals surface area contributed by atoms with E-state index in [0.717, 1.165) is 62.6 Å². The quantitative estimate of drug-likeness (QED) is 0.0438. The Labute approximate surface area is 702 Å². The summed E-state index contributed by atoms with van der Waals surface area (Å²) < 4.78 is 120. The fraction of sp³-hybridized carbons (Fsp3) is 0.315. The van der Waals surface area contributed by atoms with Gasteiger partial charge in [-0.05, 0) is 264 Å². The monoisotopic (exact) mass is 1720 g/mol. The number of aromatic nitrogens is 17. The van der Waals surface area contributed by atoms with Crippen molar-refractivity contribution in [2.24, 2.45) is 55.1 Å². The van der Waals surface area contributed by atoms with E-state index >= 15 is 0 Å². The summed E-state index contributed by atoms with van der Waals surface area (Å²) in [6.45, 7) is 7.68. The molecule has 32 heteroatoms. The average molecular weight is 1720 g/mol. The summed E-state index contributed by atoms with van der Waals surface area (Å²) in [5.41, 5.74) is 7.48. The Morgan fingerprint density at radius 2 is 0.835 bits per heavy atom. The lowest BCUT2D eigenvalue weighted by Crippen LogP contribution is -2.49. The molecule has 3 unspecified atom stereocenters. The first-order valence-electron chi connectivity index (χ1n) is 39.5. The van der Waals surface area contributed by atoms with Gasteiger partial charge in [0.15, 0.2) is 17.3 Å². The average Bonchev–Trinajstić information content (AvgIpc) is 1.71. The first-order valence-corrected chi connectivity index (χ1v) is 45.2. The standard InChI is InChI=1S/C31H31F2N5O2S.C29H28ClFN6O2S.C29H28F2N6O2S/c1-30(2,41(4,40)28-12-14-37(3)36-28)22-6-5-21-15-27-20(19-35-38(27)25-9-7-23(32)8-10-25)17-31(21,18-22)29(39)26-16-24(33)11-13-34-26;1-18(40(3,39)28-33-17-36(2)35-28)19-4-5-21-12-26-20(16-34-37(26)24-8-6-23(31)7-9-24)15-29(21,14-19)27(38)25-13-22(30)10-11-32-25;1-18(40(3,39)28-33-17-36(2)35-28)19-4-5-21-12-26-20(16-34-37(26)24-8-6-22(30)7-9-24)15-29(21,14-19)27(38)25-13-23(31)10-11-32-25/h7-16,19,22H,4-6,17-18H2,1-3H3;2*6-13,16-19H,3-5,14-15H2,1-2H3/t22-,31-,41?;2*18-,19+,29-,40?/m011/s1. The topological polar surface area (TPSA) is 274 Å². The Kier molecular flexibility index (Phi) is 21.8. The summed E-state index contributed by atoms with van der Waals surface area (Å²) in [4.78, 5) is 64.3. The fourth-order valence-electron chi connectivity index (χ4n) is 18.5. The number of hydrogen-bond donors (Lipinski definition) is 0. The molecule has 18 rings (SSSR count). The molecule has 9 aromatic heterocycles. The predicted octanol–water partition coefficient (Wildman–Crippen LogP) is 14.9. The van der Waals surface area contributed by atoms with Gasteiger partial charge in [-0.1, -0.05) is 42.2 Å². The molecule has 3 aromatic carbocycles.